The molecule has 2 aromatic rings. The van der Waals surface area contributed by atoms with E-state index in [4.69, 9.17) is 0 Å². The molecule has 0 fully saturated rings. The number of aliphatic carboxylic acids is 1. The number of carboxylic acids is 1. The summed E-state index contributed by atoms with van der Waals surface area (Å²) >= 11 is 1.82. The molecule has 2 rings (SSSR count). The van der Waals surface area contributed by atoms with Gasteiger partial charge in [0.05, 0.1) is 12.2 Å². The van der Waals surface area contributed by atoms with E-state index in [2.05, 4.69) is 45.0 Å². The van der Waals surface area contributed by atoms with Gasteiger partial charge in [-0.3, -0.25) is 0 Å². The van der Waals surface area contributed by atoms with Crippen molar-refractivity contribution in [2.75, 3.05) is 0 Å². The van der Waals surface area contributed by atoms with Crippen LogP contribution in [0.25, 0.3) is 16.5 Å². The van der Waals surface area contributed by atoms with Crippen LogP contribution >= 0.6 is 11.3 Å². The topological polar surface area (TPSA) is 80.6 Å². The van der Waals surface area contributed by atoms with Crippen LogP contribution in [0.3, 0.4) is 0 Å². The summed E-state index contributed by atoms with van der Waals surface area (Å²) in [6.07, 6.45) is 9.54. The maximum absolute atomic E-state index is 10.7. The van der Waals surface area contributed by atoms with E-state index in [1.165, 1.54) is 53.0 Å². The monoisotopic (exact) mass is 494 g/mol. The van der Waals surface area contributed by atoms with Gasteiger partial charge in [0.1, 0.15) is 0 Å². The summed E-state index contributed by atoms with van der Waals surface area (Å²) in [6.45, 7) is 6.61. The summed E-state index contributed by atoms with van der Waals surface area (Å²) in [7, 11) is 0. The molecule has 2 N–H and O–H groups in total. The van der Waals surface area contributed by atoms with E-state index < -0.39 is 24.6 Å². The third kappa shape index (κ3) is 10.3. The molecule has 1 aromatic carbocycles. The Morgan fingerprint density at radius 2 is 1.71 bits per heavy atom. The minimum Gasteiger partial charge on any atom is -0.550 e. The van der Waals surface area contributed by atoms with Crippen molar-refractivity contribution in [2.45, 2.75) is 96.7 Å². The zero-order valence-electron chi connectivity index (χ0n) is 21.3. The van der Waals surface area contributed by atoms with Crippen LogP contribution in [0, 0.1) is 0 Å². The Hall–Kier alpha value is -0.950. The Kier molecular flexibility index (Phi) is 15.2. The predicted molar refractivity (Wildman–Crippen MR) is 136 cm³/mol. The average molecular weight is 495 g/mol. The first-order valence-corrected chi connectivity index (χ1v) is 13.1. The standard InChI is InChI=1S/C28H40O4S.Na/c1-4-5-6-7-8-12-15-24-25(17-16-22(29)18-23(30)19-26(31)32)27(20(2)3)33-28(24)21-13-10-9-11-14-21;/h9-11,13-14,16-17,20,22-23,29-30H,4-8,12,15,18-19H2,1-3H3,(H,31,32);/q;+1/p-1/b17-16+;/t22-,23-;/m1./s1. The predicted octanol–water partition coefficient (Wildman–Crippen LogP) is 2.71. The second kappa shape index (κ2) is 16.7. The average Bonchev–Trinajstić information content (AvgIpc) is 3.13. The van der Waals surface area contributed by atoms with Crippen LogP contribution in [-0.4, -0.2) is 28.4 Å². The molecule has 0 spiro atoms. The van der Waals surface area contributed by atoms with Crippen LogP contribution in [0.5, 0.6) is 0 Å². The van der Waals surface area contributed by atoms with Crippen molar-refractivity contribution < 1.29 is 49.7 Å². The number of carbonyl (C=O) groups excluding carboxylic acids is 1. The SMILES string of the molecule is CCCCCCCCc1c(-c2ccccc2)sc(C(C)C)c1/C=C/[C@@H](O)C[C@@H](O)CC(=O)[O-].[Na+]. The van der Waals surface area contributed by atoms with Gasteiger partial charge in [0.25, 0.3) is 0 Å². The molecule has 1 aromatic heterocycles. The minimum atomic E-state index is -1.31. The fourth-order valence-electron chi connectivity index (χ4n) is 4.10. The molecule has 0 aliphatic heterocycles. The minimum absolute atomic E-state index is 0. The van der Waals surface area contributed by atoms with Gasteiger partial charge >= 0.3 is 29.6 Å². The molecule has 2 atom stereocenters. The molecule has 34 heavy (non-hydrogen) atoms. The first-order chi connectivity index (χ1) is 15.8. The molecule has 0 radical (unpaired) electrons. The molecular formula is C28H39NaO4S. The van der Waals surface area contributed by atoms with Crippen molar-refractivity contribution in [1.29, 1.82) is 0 Å². The largest absolute Gasteiger partial charge is 1.00 e. The maximum Gasteiger partial charge on any atom is 1.00 e. The zero-order chi connectivity index (χ0) is 24.2. The molecule has 0 saturated carbocycles. The number of rotatable bonds is 15. The van der Waals surface area contributed by atoms with Gasteiger partial charge in [-0.25, -0.2) is 0 Å². The van der Waals surface area contributed by atoms with E-state index in [-0.39, 0.29) is 36.0 Å². The van der Waals surface area contributed by atoms with Crippen LogP contribution in [-0.2, 0) is 11.2 Å². The van der Waals surface area contributed by atoms with Crippen molar-refractivity contribution in [1.82, 2.24) is 0 Å². The molecule has 182 valence electrons. The summed E-state index contributed by atoms with van der Waals surface area (Å²) in [5.41, 5.74) is 3.70. The number of benzene rings is 1. The Bertz CT molecular complexity index is 876. The number of thiophene rings is 1. The van der Waals surface area contributed by atoms with Gasteiger partial charge in [-0.15, -0.1) is 11.3 Å². The Balaban J connectivity index is 0.00000578. The molecule has 0 bridgehead atoms. The molecule has 0 amide bonds. The van der Waals surface area contributed by atoms with E-state index in [0.717, 1.165) is 18.4 Å². The molecule has 1 heterocycles. The summed E-state index contributed by atoms with van der Waals surface area (Å²) in [5, 5.41) is 30.9. The first kappa shape index (κ1) is 31.1. The molecule has 0 saturated heterocycles. The fraction of sp³-hybridized carbons (Fsp3) is 0.536. The van der Waals surface area contributed by atoms with E-state index >= 15 is 0 Å². The normalized spacial score (nSPS) is 13.2. The van der Waals surface area contributed by atoms with Gasteiger partial charge in [0, 0.05) is 28.6 Å². The molecule has 6 heteroatoms. The van der Waals surface area contributed by atoms with Crippen LogP contribution in [0.4, 0.5) is 0 Å². The third-order valence-corrected chi connectivity index (χ3v) is 7.42. The van der Waals surface area contributed by atoms with Gasteiger partial charge in [0.2, 0.25) is 0 Å². The van der Waals surface area contributed by atoms with Gasteiger partial charge < -0.3 is 20.1 Å². The second-order valence-corrected chi connectivity index (χ2v) is 10.2. The smallest absolute Gasteiger partial charge is 0.550 e. The zero-order valence-corrected chi connectivity index (χ0v) is 24.1. The van der Waals surface area contributed by atoms with Gasteiger partial charge in [-0.2, -0.15) is 0 Å². The molecule has 0 aliphatic carbocycles. The Morgan fingerprint density at radius 3 is 2.32 bits per heavy atom. The summed E-state index contributed by atoms with van der Waals surface area (Å²) < 4.78 is 0. The quantitative estimate of drug-likeness (QED) is 0.295. The van der Waals surface area contributed by atoms with Crippen LogP contribution in [0.15, 0.2) is 36.4 Å². The van der Waals surface area contributed by atoms with Crippen molar-refractivity contribution in [3.05, 3.63) is 52.4 Å². The second-order valence-electron chi connectivity index (χ2n) is 9.12. The number of hydrogen-bond acceptors (Lipinski definition) is 5. The molecule has 0 unspecified atom stereocenters. The summed E-state index contributed by atoms with van der Waals surface area (Å²) in [4.78, 5) is 13.3. The van der Waals surface area contributed by atoms with Crippen molar-refractivity contribution in [3.8, 4) is 10.4 Å². The number of hydrogen-bond donors (Lipinski definition) is 2. The molecule has 4 nitrogen and oxygen atoms in total. The molecule has 0 aliphatic rings. The Morgan fingerprint density at radius 1 is 1.06 bits per heavy atom. The van der Waals surface area contributed by atoms with Crippen LogP contribution < -0.4 is 34.7 Å². The van der Waals surface area contributed by atoms with E-state index in [9.17, 15) is 20.1 Å². The number of aliphatic hydroxyl groups excluding tert-OH is 2. The van der Waals surface area contributed by atoms with Crippen molar-refractivity contribution in [2.24, 2.45) is 0 Å². The van der Waals surface area contributed by atoms with Gasteiger partial charge in [-0.05, 0) is 35.4 Å². The number of carboxylic acid groups (broad SMARTS) is 1. The maximum atomic E-state index is 10.7. The Labute approximate surface area is 231 Å². The molecular weight excluding hydrogens is 455 g/mol. The van der Waals surface area contributed by atoms with Crippen LogP contribution in [0.2, 0.25) is 0 Å². The third-order valence-electron chi connectivity index (χ3n) is 5.82. The summed E-state index contributed by atoms with van der Waals surface area (Å²) in [5.74, 6) is -0.969. The van der Waals surface area contributed by atoms with Crippen LogP contribution in [0.1, 0.15) is 94.1 Å². The van der Waals surface area contributed by atoms with Crippen molar-refractivity contribution >= 4 is 23.4 Å². The fourth-order valence-corrected chi connectivity index (χ4v) is 5.45. The van der Waals surface area contributed by atoms with Crippen molar-refractivity contribution in [3.63, 3.8) is 0 Å². The van der Waals surface area contributed by atoms with E-state index in [1.54, 1.807) is 6.08 Å². The first-order valence-electron chi connectivity index (χ1n) is 12.3. The van der Waals surface area contributed by atoms with E-state index in [1.807, 2.05) is 23.5 Å². The van der Waals surface area contributed by atoms with Gasteiger partial charge in [0.15, 0.2) is 0 Å². The van der Waals surface area contributed by atoms with E-state index in [0.29, 0.717) is 5.92 Å². The van der Waals surface area contributed by atoms with Gasteiger partial charge in [-0.1, -0.05) is 95.4 Å². The number of aliphatic hydroxyl groups is 2. The number of carbonyl (C=O) groups is 1. The number of unbranched alkanes of at least 4 members (excludes halogenated alkanes) is 5. The summed E-state index contributed by atoms with van der Waals surface area (Å²) in [6, 6.07) is 10.5.